The van der Waals surface area contributed by atoms with Crippen LogP contribution in [-0.2, 0) is 0 Å². The van der Waals surface area contributed by atoms with Crippen LogP contribution in [0.1, 0.15) is 30.6 Å². The molecule has 2 atom stereocenters. The predicted molar refractivity (Wildman–Crippen MR) is 76.3 cm³/mol. The van der Waals surface area contributed by atoms with Gasteiger partial charge in [-0.25, -0.2) is 0 Å². The molecule has 0 bridgehead atoms. The Morgan fingerprint density at radius 3 is 2.53 bits per heavy atom. The number of aliphatic hydroxyl groups excluding tert-OH is 1. The van der Waals surface area contributed by atoms with Gasteiger partial charge in [0, 0.05) is 31.2 Å². The lowest BCUT2D eigenvalue weighted by atomic mass is 9.64. The average molecular weight is 262 g/mol. The molecule has 2 rings (SSSR count). The van der Waals surface area contributed by atoms with Crippen LogP contribution in [-0.4, -0.2) is 42.2 Å². The van der Waals surface area contributed by atoms with Gasteiger partial charge in [-0.1, -0.05) is 26.0 Å². The van der Waals surface area contributed by atoms with Crippen LogP contribution in [0.2, 0.25) is 0 Å². The number of benzene rings is 1. The van der Waals surface area contributed by atoms with Crippen LogP contribution in [0.15, 0.2) is 24.3 Å². The molecule has 2 unspecified atom stereocenters. The normalized spacial score (nSPS) is 24.5. The van der Waals surface area contributed by atoms with Crippen molar-refractivity contribution in [2.75, 3.05) is 19.4 Å². The molecule has 0 aliphatic heterocycles. The first-order chi connectivity index (χ1) is 8.84. The van der Waals surface area contributed by atoms with Crippen molar-refractivity contribution in [1.82, 2.24) is 4.90 Å². The van der Waals surface area contributed by atoms with Gasteiger partial charge in [-0.15, -0.1) is 0 Å². The van der Waals surface area contributed by atoms with Gasteiger partial charge in [0.15, 0.2) is 0 Å². The van der Waals surface area contributed by atoms with Gasteiger partial charge in [0.2, 0.25) is 0 Å². The maximum Gasteiger partial charge on any atom is 0.255 e. The molecule has 0 aromatic heterocycles. The number of nitrogens with zero attached hydrogens (tertiary/aromatic N) is 1. The minimum Gasteiger partial charge on any atom is -0.392 e. The first kappa shape index (κ1) is 13.9. The topological polar surface area (TPSA) is 52.6 Å². The second-order valence-corrected chi connectivity index (χ2v) is 6.01. The van der Waals surface area contributed by atoms with Gasteiger partial charge in [0.25, 0.3) is 5.91 Å². The lowest BCUT2D eigenvalue weighted by Gasteiger charge is -2.50. The summed E-state index contributed by atoms with van der Waals surface area (Å²) >= 11 is 0. The van der Waals surface area contributed by atoms with E-state index in [0.29, 0.717) is 5.56 Å². The highest BCUT2D eigenvalue weighted by Crippen LogP contribution is 2.42. The standard InChI is InChI=1S/C15H22N2O2/c1-15(2)12(9-13(15)18)16-11-8-6-5-7-10(11)14(19)17(3)4/h5-8,12-13,16,18H,9H2,1-4H3. The van der Waals surface area contributed by atoms with Gasteiger partial charge in [0.1, 0.15) is 0 Å². The second-order valence-electron chi connectivity index (χ2n) is 6.01. The van der Waals surface area contributed by atoms with Gasteiger partial charge < -0.3 is 15.3 Å². The fraction of sp³-hybridized carbons (Fsp3) is 0.533. The zero-order chi connectivity index (χ0) is 14.2. The first-order valence-electron chi connectivity index (χ1n) is 6.59. The Morgan fingerprint density at radius 2 is 2.00 bits per heavy atom. The number of nitrogens with one attached hydrogen (secondary N) is 1. The smallest absolute Gasteiger partial charge is 0.255 e. The molecule has 4 nitrogen and oxygen atoms in total. The molecule has 0 spiro atoms. The molecular weight excluding hydrogens is 240 g/mol. The molecule has 1 aromatic rings. The van der Waals surface area contributed by atoms with Crippen molar-refractivity contribution < 1.29 is 9.90 Å². The van der Waals surface area contributed by atoms with Gasteiger partial charge in [-0.05, 0) is 18.6 Å². The maximum absolute atomic E-state index is 12.1. The van der Waals surface area contributed by atoms with E-state index in [1.54, 1.807) is 19.0 Å². The van der Waals surface area contributed by atoms with E-state index in [0.717, 1.165) is 12.1 Å². The number of hydrogen-bond acceptors (Lipinski definition) is 3. The van der Waals surface area contributed by atoms with Gasteiger partial charge in [0.05, 0.1) is 11.7 Å². The van der Waals surface area contributed by atoms with E-state index in [1.807, 2.05) is 38.1 Å². The van der Waals surface area contributed by atoms with Crippen LogP contribution < -0.4 is 5.32 Å². The molecule has 1 aromatic carbocycles. The van der Waals surface area contributed by atoms with E-state index in [4.69, 9.17) is 0 Å². The monoisotopic (exact) mass is 262 g/mol. The van der Waals surface area contributed by atoms with E-state index in [1.165, 1.54) is 0 Å². The summed E-state index contributed by atoms with van der Waals surface area (Å²) in [5, 5.41) is 13.2. The SMILES string of the molecule is CN(C)C(=O)c1ccccc1NC1CC(O)C1(C)C. The van der Waals surface area contributed by atoms with Crippen molar-refractivity contribution in [2.24, 2.45) is 5.41 Å². The molecule has 0 saturated heterocycles. The van der Waals surface area contributed by atoms with Crippen LogP contribution in [0.5, 0.6) is 0 Å². The molecule has 1 aliphatic carbocycles. The number of anilines is 1. The highest BCUT2D eigenvalue weighted by atomic mass is 16.3. The summed E-state index contributed by atoms with van der Waals surface area (Å²) in [7, 11) is 3.49. The Balaban J connectivity index is 2.20. The van der Waals surface area contributed by atoms with Crippen molar-refractivity contribution in [2.45, 2.75) is 32.4 Å². The van der Waals surface area contributed by atoms with Crippen LogP contribution in [0.25, 0.3) is 0 Å². The number of carbonyl (C=O) groups is 1. The van der Waals surface area contributed by atoms with E-state index >= 15 is 0 Å². The summed E-state index contributed by atoms with van der Waals surface area (Å²) < 4.78 is 0. The Morgan fingerprint density at radius 1 is 1.37 bits per heavy atom. The third-order valence-electron chi connectivity index (χ3n) is 4.11. The van der Waals surface area contributed by atoms with E-state index < -0.39 is 0 Å². The Bertz CT molecular complexity index is 483. The Hall–Kier alpha value is -1.55. The zero-order valence-corrected chi connectivity index (χ0v) is 12.0. The lowest BCUT2D eigenvalue weighted by Crippen LogP contribution is -2.57. The molecule has 19 heavy (non-hydrogen) atoms. The predicted octanol–water partition coefficient (Wildman–Crippen LogP) is 1.96. The average Bonchev–Trinajstić information content (AvgIpc) is 2.38. The second kappa shape index (κ2) is 4.85. The summed E-state index contributed by atoms with van der Waals surface area (Å²) in [6.07, 6.45) is 0.444. The summed E-state index contributed by atoms with van der Waals surface area (Å²) in [6.45, 7) is 4.07. The maximum atomic E-state index is 12.1. The highest BCUT2D eigenvalue weighted by Gasteiger charge is 2.47. The van der Waals surface area contributed by atoms with Crippen molar-refractivity contribution in [1.29, 1.82) is 0 Å². The summed E-state index contributed by atoms with van der Waals surface area (Å²) in [6, 6.07) is 7.71. The van der Waals surface area contributed by atoms with Crippen LogP contribution in [0.4, 0.5) is 5.69 Å². The molecule has 104 valence electrons. The van der Waals surface area contributed by atoms with Crippen LogP contribution in [0, 0.1) is 5.41 Å². The minimum atomic E-state index is -0.276. The summed E-state index contributed by atoms with van der Waals surface area (Å²) in [4.78, 5) is 13.7. The summed E-state index contributed by atoms with van der Waals surface area (Å²) in [5.74, 6) is -0.0132. The largest absolute Gasteiger partial charge is 0.392 e. The van der Waals surface area contributed by atoms with E-state index in [2.05, 4.69) is 5.32 Å². The lowest BCUT2D eigenvalue weighted by molar-refractivity contribution is -0.0510. The first-order valence-corrected chi connectivity index (χ1v) is 6.59. The van der Waals surface area contributed by atoms with Gasteiger partial charge in [-0.2, -0.15) is 0 Å². The number of rotatable bonds is 3. The van der Waals surface area contributed by atoms with Crippen LogP contribution >= 0.6 is 0 Å². The Labute approximate surface area is 114 Å². The van der Waals surface area contributed by atoms with E-state index in [-0.39, 0.29) is 23.5 Å². The van der Waals surface area contributed by atoms with Crippen LogP contribution in [0.3, 0.4) is 0 Å². The van der Waals surface area contributed by atoms with Crippen molar-refractivity contribution in [3.05, 3.63) is 29.8 Å². The molecule has 1 fully saturated rings. The number of carbonyl (C=O) groups excluding carboxylic acids is 1. The molecule has 0 heterocycles. The molecule has 1 aliphatic rings. The zero-order valence-electron chi connectivity index (χ0n) is 12.0. The highest BCUT2D eigenvalue weighted by molar-refractivity contribution is 5.99. The third-order valence-corrected chi connectivity index (χ3v) is 4.11. The number of para-hydroxylation sites is 1. The number of hydrogen-bond donors (Lipinski definition) is 2. The van der Waals surface area contributed by atoms with Crippen molar-refractivity contribution in [3.63, 3.8) is 0 Å². The quantitative estimate of drug-likeness (QED) is 0.875. The molecule has 0 radical (unpaired) electrons. The van der Waals surface area contributed by atoms with Crippen molar-refractivity contribution >= 4 is 11.6 Å². The molecule has 4 heteroatoms. The van der Waals surface area contributed by atoms with Gasteiger partial charge in [-0.3, -0.25) is 4.79 Å². The minimum absolute atomic E-state index is 0.0132. The third kappa shape index (κ3) is 2.45. The van der Waals surface area contributed by atoms with Crippen molar-refractivity contribution in [3.8, 4) is 0 Å². The molecule has 2 N–H and O–H groups in total. The number of amides is 1. The fourth-order valence-electron chi connectivity index (χ4n) is 2.37. The summed E-state index contributed by atoms with van der Waals surface area (Å²) in [5.41, 5.74) is 1.35. The fourth-order valence-corrected chi connectivity index (χ4v) is 2.37. The molecule has 1 saturated carbocycles. The van der Waals surface area contributed by atoms with Gasteiger partial charge >= 0.3 is 0 Å². The number of aliphatic hydroxyl groups is 1. The van der Waals surface area contributed by atoms with E-state index in [9.17, 15) is 9.90 Å². The Kier molecular flexibility index (Phi) is 3.54. The molecule has 1 amide bonds. The molecular formula is C15H22N2O2.